The van der Waals surface area contributed by atoms with Crippen molar-refractivity contribution in [3.05, 3.63) is 29.1 Å². The number of aromatic hydroxyl groups is 1. The molecule has 0 aliphatic heterocycles. The monoisotopic (exact) mass is 178 g/mol. The second kappa shape index (κ2) is 2.60. The second-order valence-corrected chi connectivity index (χ2v) is 3.57. The summed E-state index contributed by atoms with van der Waals surface area (Å²) >= 11 is 1.38. The largest absolute Gasteiger partial charge is 0.507 e. The van der Waals surface area contributed by atoms with Crippen molar-refractivity contribution in [2.45, 2.75) is 0 Å². The van der Waals surface area contributed by atoms with E-state index < -0.39 is 0 Å². The van der Waals surface area contributed by atoms with Crippen molar-refractivity contribution >= 4 is 27.7 Å². The van der Waals surface area contributed by atoms with Gasteiger partial charge in [0.15, 0.2) is 6.29 Å². The predicted octanol–water partition coefficient (Wildman–Crippen LogP) is 2.42. The van der Waals surface area contributed by atoms with Crippen molar-refractivity contribution in [2.24, 2.45) is 0 Å². The Bertz CT molecular complexity index is 431. The SMILES string of the molecule is O=Cc1cc2c(O)cccc2s1. The molecular formula is C9H6O2S. The highest BCUT2D eigenvalue weighted by atomic mass is 32.1. The van der Waals surface area contributed by atoms with Crippen LogP contribution < -0.4 is 0 Å². The first-order chi connectivity index (χ1) is 5.81. The number of fused-ring (bicyclic) bond motifs is 1. The summed E-state index contributed by atoms with van der Waals surface area (Å²) in [5.41, 5.74) is 0. The van der Waals surface area contributed by atoms with Gasteiger partial charge in [-0.25, -0.2) is 0 Å². The molecule has 1 aromatic heterocycles. The molecule has 2 rings (SSSR count). The Balaban J connectivity index is 2.82. The average Bonchev–Trinajstić information content (AvgIpc) is 2.49. The van der Waals surface area contributed by atoms with Gasteiger partial charge in [-0.15, -0.1) is 11.3 Å². The molecule has 1 aromatic carbocycles. The third-order valence-electron chi connectivity index (χ3n) is 1.67. The van der Waals surface area contributed by atoms with Gasteiger partial charge in [0.2, 0.25) is 0 Å². The van der Waals surface area contributed by atoms with Gasteiger partial charge in [0.05, 0.1) is 4.88 Å². The van der Waals surface area contributed by atoms with Crippen LogP contribution in [0.5, 0.6) is 5.75 Å². The number of rotatable bonds is 1. The number of carbonyl (C=O) groups is 1. The van der Waals surface area contributed by atoms with E-state index in [1.807, 2.05) is 6.07 Å². The molecule has 0 saturated heterocycles. The molecule has 12 heavy (non-hydrogen) atoms. The maximum absolute atomic E-state index is 10.4. The van der Waals surface area contributed by atoms with E-state index in [4.69, 9.17) is 0 Å². The van der Waals surface area contributed by atoms with E-state index >= 15 is 0 Å². The summed E-state index contributed by atoms with van der Waals surface area (Å²) in [5, 5.41) is 10.1. The summed E-state index contributed by atoms with van der Waals surface area (Å²) in [7, 11) is 0. The van der Waals surface area contributed by atoms with Crippen LogP contribution in [0.4, 0.5) is 0 Å². The number of hydrogen-bond acceptors (Lipinski definition) is 3. The lowest BCUT2D eigenvalue weighted by atomic mass is 10.2. The van der Waals surface area contributed by atoms with Crippen LogP contribution in [0.3, 0.4) is 0 Å². The number of carbonyl (C=O) groups excluding carboxylic acids is 1. The van der Waals surface area contributed by atoms with Crippen molar-refractivity contribution < 1.29 is 9.90 Å². The van der Waals surface area contributed by atoms with Gasteiger partial charge in [-0.05, 0) is 18.2 Å². The molecule has 2 nitrogen and oxygen atoms in total. The molecule has 0 radical (unpaired) electrons. The highest BCUT2D eigenvalue weighted by Gasteiger charge is 2.03. The fourth-order valence-corrected chi connectivity index (χ4v) is 2.02. The fraction of sp³-hybridized carbons (Fsp3) is 0. The highest BCUT2D eigenvalue weighted by Crippen LogP contribution is 2.30. The molecule has 0 spiro atoms. The summed E-state index contributed by atoms with van der Waals surface area (Å²) < 4.78 is 0.942. The minimum atomic E-state index is 0.233. The highest BCUT2D eigenvalue weighted by molar-refractivity contribution is 7.20. The van der Waals surface area contributed by atoms with Gasteiger partial charge in [0.25, 0.3) is 0 Å². The topological polar surface area (TPSA) is 37.3 Å². The van der Waals surface area contributed by atoms with Crippen LogP contribution in [0.15, 0.2) is 24.3 Å². The molecule has 0 saturated carbocycles. The van der Waals surface area contributed by atoms with E-state index in [2.05, 4.69) is 0 Å². The van der Waals surface area contributed by atoms with Crippen molar-refractivity contribution in [3.63, 3.8) is 0 Å². The number of aldehydes is 1. The molecule has 0 unspecified atom stereocenters. The number of thiophene rings is 1. The van der Waals surface area contributed by atoms with Gasteiger partial charge in [0, 0.05) is 10.1 Å². The first-order valence-electron chi connectivity index (χ1n) is 3.48. The molecule has 0 amide bonds. The van der Waals surface area contributed by atoms with Gasteiger partial charge in [-0.1, -0.05) is 6.07 Å². The van der Waals surface area contributed by atoms with Crippen LogP contribution in [0.1, 0.15) is 9.67 Å². The maximum atomic E-state index is 10.4. The average molecular weight is 178 g/mol. The van der Waals surface area contributed by atoms with Crippen LogP contribution in [0.25, 0.3) is 10.1 Å². The molecule has 2 aromatic rings. The zero-order valence-electron chi connectivity index (χ0n) is 6.15. The van der Waals surface area contributed by atoms with Crippen LogP contribution in [0.2, 0.25) is 0 Å². The third-order valence-corrected chi connectivity index (χ3v) is 2.70. The molecular weight excluding hydrogens is 172 g/mol. The molecule has 0 fully saturated rings. The normalized spacial score (nSPS) is 10.3. The Morgan fingerprint density at radius 1 is 1.42 bits per heavy atom. The predicted molar refractivity (Wildman–Crippen MR) is 48.9 cm³/mol. The smallest absolute Gasteiger partial charge is 0.160 e. The Morgan fingerprint density at radius 3 is 2.92 bits per heavy atom. The van der Waals surface area contributed by atoms with Gasteiger partial charge in [-0.3, -0.25) is 4.79 Å². The van der Waals surface area contributed by atoms with E-state index in [9.17, 15) is 9.90 Å². The molecule has 1 N–H and O–H groups in total. The Morgan fingerprint density at radius 2 is 2.25 bits per heavy atom. The van der Waals surface area contributed by atoms with Gasteiger partial charge in [-0.2, -0.15) is 0 Å². The molecule has 3 heteroatoms. The summed E-state index contributed by atoms with van der Waals surface area (Å²) in [6, 6.07) is 6.96. The number of phenols is 1. The molecule has 60 valence electrons. The van der Waals surface area contributed by atoms with Crippen LogP contribution >= 0.6 is 11.3 Å². The fourth-order valence-electron chi connectivity index (χ4n) is 1.12. The van der Waals surface area contributed by atoms with Crippen molar-refractivity contribution in [3.8, 4) is 5.75 Å². The van der Waals surface area contributed by atoms with Gasteiger partial charge in [0.1, 0.15) is 5.75 Å². The van der Waals surface area contributed by atoms with Crippen LogP contribution in [0, 0.1) is 0 Å². The van der Waals surface area contributed by atoms with E-state index in [0.29, 0.717) is 4.88 Å². The summed E-state index contributed by atoms with van der Waals surface area (Å²) in [5.74, 6) is 0.233. The zero-order valence-corrected chi connectivity index (χ0v) is 6.97. The van der Waals surface area contributed by atoms with Gasteiger partial charge < -0.3 is 5.11 Å². The van der Waals surface area contributed by atoms with Gasteiger partial charge >= 0.3 is 0 Å². The summed E-state index contributed by atoms with van der Waals surface area (Å²) in [6.07, 6.45) is 0.796. The minimum Gasteiger partial charge on any atom is -0.507 e. The summed E-state index contributed by atoms with van der Waals surface area (Å²) in [6.45, 7) is 0. The maximum Gasteiger partial charge on any atom is 0.160 e. The van der Waals surface area contributed by atoms with Crippen molar-refractivity contribution in [2.75, 3.05) is 0 Å². The third kappa shape index (κ3) is 0.987. The van der Waals surface area contributed by atoms with Crippen molar-refractivity contribution in [1.82, 2.24) is 0 Å². The Labute approximate surface area is 73.1 Å². The molecule has 0 bridgehead atoms. The minimum absolute atomic E-state index is 0.233. The number of hydrogen-bond donors (Lipinski definition) is 1. The van der Waals surface area contributed by atoms with E-state index in [1.165, 1.54) is 11.3 Å². The van der Waals surface area contributed by atoms with Crippen molar-refractivity contribution in [1.29, 1.82) is 0 Å². The molecule has 0 aliphatic rings. The van der Waals surface area contributed by atoms with E-state index in [-0.39, 0.29) is 5.75 Å². The standard InChI is InChI=1S/C9H6O2S/c10-5-6-4-7-8(11)2-1-3-9(7)12-6/h1-5,11H. The quantitative estimate of drug-likeness (QED) is 0.681. The zero-order chi connectivity index (χ0) is 8.55. The molecule has 1 heterocycles. The molecule has 0 aliphatic carbocycles. The Hall–Kier alpha value is -1.35. The van der Waals surface area contributed by atoms with E-state index in [1.54, 1.807) is 18.2 Å². The van der Waals surface area contributed by atoms with Crippen LogP contribution in [-0.4, -0.2) is 11.4 Å². The Kier molecular flexibility index (Phi) is 1.59. The van der Waals surface area contributed by atoms with E-state index in [0.717, 1.165) is 16.4 Å². The molecule has 0 atom stereocenters. The van der Waals surface area contributed by atoms with Crippen LogP contribution in [-0.2, 0) is 0 Å². The lowest BCUT2D eigenvalue weighted by Crippen LogP contribution is -1.65. The number of benzene rings is 1. The first-order valence-corrected chi connectivity index (χ1v) is 4.29. The second-order valence-electron chi connectivity index (χ2n) is 2.46. The number of phenolic OH excluding ortho intramolecular Hbond substituents is 1. The summed E-state index contributed by atoms with van der Waals surface area (Å²) in [4.78, 5) is 11.1. The first kappa shape index (κ1) is 7.31. The lowest BCUT2D eigenvalue weighted by Gasteiger charge is -1.90. The lowest BCUT2D eigenvalue weighted by molar-refractivity contribution is 0.112.